The van der Waals surface area contributed by atoms with E-state index >= 15 is 0 Å². The van der Waals surface area contributed by atoms with E-state index in [1.54, 1.807) is 11.7 Å². The zero-order valence-corrected chi connectivity index (χ0v) is 11.9. The van der Waals surface area contributed by atoms with Crippen molar-refractivity contribution >= 4 is 17.4 Å². The number of nitrogens with one attached hydrogen (secondary N) is 1. The van der Waals surface area contributed by atoms with Crippen molar-refractivity contribution in [2.75, 3.05) is 6.54 Å². The van der Waals surface area contributed by atoms with E-state index in [-0.39, 0.29) is 11.3 Å². The number of aromatic nitrogens is 2. The summed E-state index contributed by atoms with van der Waals surface area (Å²) in [5.41, 5.74) is 1.49. The molecule has 0 bridgehead atoms. The van der Waals surface area contributed by atoms with Crippen LogP contribution in [-0.4, -0.2) is 27.6 Å². The Kier molecular flexibility index (Phi) is 4.33. The summed E-state index contributed by atoms with van der Waals surface area (Å²) in [7, 11) is 1.80. The number of hydrogen-bond donors (Lipinski definition) is 1. The van der Waals surface area contributed by atoms with Crippen molar-refractivity contribution < 1.29 is 4.79 Å². The summed E-state index contributed by atoms with van der Waals surface area (Å²) in [5.74, 6) is 0.116. The van der Waals surface area contributed by atoms with E-state index in [0.29, 0.717) is 18.0 Å². The van der Waals surface area contributed by atoms with Crippen molar-refractivity contribution in [3.05, 3.63) is 16.4 Å². The summed E-state index contributed by atoms with van der Waals surface area (Å²) < 4.78 is 1.67. The first-order chi connectivity index (χ1) is 7.70. The second-order valence-corrected chi connectivity index (χ2v) is 5.67. The number of carbonyl (C=O) groups excluding carboxylic acids is 1. The molecule has 1 aromatic rings. The fourth-order valence-electron chi connectivity index (χ4n) is 1.49. The van der Waals surface area contributed by atoms with Crippen molar-refractivity contribution in [3.8, 4) is 0 Å². The molecule has 0 atom stereocenters. The standard InChI is InChI=1S/C12H20ClN3O/c1-8-11(13)10(16(5)15-8)6-9(17)7-14-12(2,3)4/h14H,6-7H2,1-5H3. The van der Waals surface area contributed by atoms with Crippen molar-refractivity contribution in [2.24, 2.45) is 7.05 Å². The van der Waals surface area contributed by atoms with Gasteiger partial charge in [0.2, 0.25) is 0 Å². The van der Waals surface area contributed by atoms with E-state index in [9.17, 15) is 4.79 Å². The summed E-state index contributed by atoms with van der Waals surface area (Å²) in [5, 5.41) is 7.94. The minimum atomic E-state index is -0.0537. The van der Waals surface area contributed by atoms with E-state index in [4.69, 9.17) is 11.6 Å². The van der Waals surface area contributed by atoms with Crippen LogP contribution in [0.25, 0.3) is 0 Å². The van der Waals surface area contributed by atoms with Crippen molar-refractivity contribution in [3.63, 3.8) is 0 Å². The van der Waals surface area contributed by atoms with Gasteiger partial charge in [0.1, 0.15) is 0 Å². The number of hydrogen-bond acceptors (Lipinski definition) is 3. The third-order valence-electron chi connectivity index (χ3n) is 2.44. The van der Waals surface area contributed by atoms with Crippen LogP contribution in [0.1, 0.15) is 32.2 Å². The summed E-state index contributed by atoms with van der Waals surface area (Å²) in [4.78, 5) is 11.8. The normalized spacial score (nSPS) is 11.9. The SMILES string of the molecule is Cc1nn(C)c(CC(=O)CNC(C)(C)C)c1Cl. The minimum Gasteiger partial charge on any atom is -0.305 e. The zero-order valence-electron chi connectivity index (χ0n) is 11.1. The predicted octanol–water partition coefficient (Wildman–Crippen LogP) is 1.88. The highest BCUT2D eigenvalue weighted by Crippen LogP contribution is 2.19. The molecule has 0 radical (unpaired) electrons. The summed E-state index contributed by atoms with van der Waals surface area (Å²) in [6.45, 7) is 8.28. The molecule has 1 N–H and O–H groups in total. The number of halogens is 1. The van der Waals surface area contributed by atoms with Gasteiger partial charge in [-0.15, -0.1) is 0 Å². The van der Waals surface area contributed by atoms with Gasteiger partial charge in [0.15, 0.2) is 5.78 Å². The second-order valence-electron chi connectivity index (χ2n) is 5.29. The summed E-state index contributed by atoms with van der Waals surface area (Å²) in [6.07, 6.45) is 0.319. The number of carbonyl (C=O) groups is 1. The lowest BCUT2D eigenvalue weighted by Gasteiger charge is -2.19. The van der Waals surface area contributed by atoms with Crippen molar-refractivity contribution in [1.29, 1.82) is 0 Å². The highest BCUT2D eigenvalue weighted by molar-refractivity contribution is 6.32. The molecule has 0 spiro atoms. The van der Waals surface area contributed by atoms with E-state index < -0.39 is 0 Å². The molecule has 0 aliphatic rings. The van der Waals surface area contributed by atoms with E-state index in [0.717, 1.165) is 11.4 Å². The molecule has 0 saturated carbocycles. The van der Waals surface area contributed by atoms with Crippen LogP contribution in [0.15, 0.2) is 0 Å². The lowest BCUT2D eigenvalue weighted by molar-refractivity contribution is -0.118. The van der Waals surface area contributed by atoms with Crippen LogP contribution < -0.4 is 5.32 Å². The van der Waals surface area contributed by atoms with Gasteiger partial charge in [0.25, 0.3) is 0 Å². The molecule has 1 heterocycles. The third-order valence-corrected chi connectivity index (χ3v) is 2.93. The first-order valence-corrected chi connectivity index (χ1v) is 6.03. The monoisotopic (exact) mass is 257 g/mol. The lowest BCUT2D eigenvalue weighted by atomic mass is 10.1. The molecule has 17 heavy (non-hydrogen) atoms. The molecule has 1 rings (SSSR count). The van der Waals surface area contributed by atoms with Crippen LogP contribution in [-0.2, 0) is 18.3 Å². The fourth-order valence-corrected chi connectivity index (χ4v) is 1.71. The van der Waals surface area contributed by atoms with Gasteiger partial charge in [0, 0.05) is 12.6 Å². The smallest absolute Gasteiger partial charge is 0.152 e. The summed E-state index contributed by atoms with van der Waals surface area (Å²) >= 11 is 6.09. The fraction of sp³-hybridized carbons (Fsp3) is 0.667. The Hall–Kier alpha value is -0.870. The van der Waals surface area contributed by atoms with E-state index in [2.05, 4.69) is 10.4 Å². The second kappa shape index (κ2) is 5.19. The molecular weight excluding hydrogens is 238 g/mol. The quantitative estimate of drug-likeness (QED) is 0.896. The van der Waals surface area contributed by atoms with Crippen LogP contribution in [0.3, 0.4) is 0 Å². The van der Waals surface area contributed by atoms with Gasteiger partial charge in [0.05, 0.1) is 29.4 Å². The Bertz CT molecular complexity index is 418. The molecule has 0 unspecified atom stereocenters. The number of nitrogens with zero attached hydrogens (tertiary/aromatic N) is 2. The van der Waals surface area contributed by atoms with Crippen LogP contribution in [0.4, 0.5) is 0 Å². The maximum Gasteiger partial charge on any atom is 0.152 e. The minimum absolute atomic E-state index is 0.0537. The Balaban J connectivity index is 2.63. The summed E-state index contributed by atoms with van der Waals surface area (Å²) in [6, 6.07) is 0. The average Bonchev–Trinajstić information content (AvgIpc) is 2.41. The van der Waals surface area contributed by atoms with E-state index in [1.807, 2.05) is 27.7 Å². The number of ketones is 1. The van der Waals surface area contributed by atoms with Crippen LogP contribution in [0.2, 0.25) is 5.02 Å². The Morgan fingerprint density at radius 1 is 1.47 bits per heavy atom. The maximum atomic E-state index is 11.8. The van der Waals surface area contributed by atoms with Crippen LogP contribution in [0.5, 0.6) is 0 Å². The Labute approximate surface area is 107 Å². The van der Waals surface area contributed by atoms with Crippen LogP contribution >= 0.6 is 11.6 Å². The molecule has 0 aliphatic heterocycles. The molecule has 0 aromatic carbocycles. The third kappa shape index (κ3) is 4.13. The van der Waals surface area contributed by atoms with Gasteiger partial charge in [-0.2, -0.15) is 5.10 Å². The maximum absolute atomic E-state index is 11.8. The van der Waals surface area contributed by atoms with E-state index in [1.165, 1.54) is 0 Å². The van der Waals surface area contributed by atoms with Gasteiger partial charge in [-0.05, 0) is 27.7 Å². The zero-order chi connectivity index (χ0) is 13.2. The predicted molar refractivity (Wildman–Crippen MR) is 69.4 cm³/mol. The van der Waals surface area contributed by atoms with Crippen molar-refractivity contribution in [2.45, 2.75) is 39.7 Å². The molecule has 5 heteroatoms. The molecule has 0 fully saturated rings. The van der Waals surface area contributed by atoms with Gasteiger partial charge >= 0.3 is 0 Å². The number of aryl methyl sites for hydroxylation is 2. The molecular formula is C12H20ClN3O. The molecule has 96 valence electrons. The average molecular weight is 258 g/mol. The lowest BCUT2D eigenvalue weighted by Crippen LogP contribution is -2.39. The first-order valence-electron chi connectivity index (χ1n) is 5.65. The topological polar surface area (TPSA) is 46.9 Å². The van der Waals surface area contributed by atoms with Gasteiger partial charge in [-0.25, -0.2) is 0 Å². The highest BCUT2D eigenvalue weighted by Gasteiger charge is 2.16. The molecule has 0 amide bonds. The highest BCUT2D eigenvalue weighted by atomic mass is 35.5. The van der Waals surface area contributed by atoms with Gasteiger partial charge in [-0.1, -0.05) is 11.6 Å². The molecule has 0 saturated heterocycles. The molecule has 1 aromatic heterocycles. The first kappa shape index (κ1) is 14.2. The van der Waals surface area contributed by atoms with Gasteiger partial charge in [-0.3, -0.25) is 9.48 Å². The largest absolute Gasteiger partial charge is 0.305 e. The number of Topliss-reactive ketones (excluding diaryl/α,β-unsaturated/α-hetero) is 1. The Morgan fingerprint density at radius 3 is 2.47 bits per heavy atom. The Morgan fingerprint density at radius 2 is 2.06 bits per heavy atom. The van der Waals surface area contributed by atoms with Crippen LogP contribution in [0, 0.1) is 6.92 Å². The van der Waals surface area contributed by atoms with Crippen molar-refractivity contribution in [1.82, 2.24) is 15.1 Å². The van der Waals surface area contributed by atoms with Gasteiger partial charge < -0.3 is 5.32 Å². The molecule has 0 aliphatic carbocycles. The molecule has 4 nitrogen and oxygen atoms in total. The number of rotatable bonds is 4.